The van der Waals surface area contributed by atoms with Gasteiger partial charge >= 0.3 is 0 Å². The van der Waals surface area contributed by atoms with Crippen molar-refractivity contribution in [2.45, 2.75) is 12.6 Å². The average molecular weight is 231 g/mol. The molecular formula is C11H15F2NO2. The van der Waals surface area contributed by atoms with E-state index in [0.29, 0.717) is 6.61 Å². The first-order valence-corrected chi connectivity index (χ1v) is 4.95. The smallest absolute Gasteiger partial charge is 0.163 e. The Labute approximate surface area is 93.0 Å². The fourth-order valence-electron chi connectivity index (χ4n) is 1.32. The van der Waals surface area contributed by atoms with Gasteiger partial charge in [0.25, 0.3) is 0 Å². The number of rotatable bonds is 6. The van der Waals surface area contributed by atoms with Crippen LogP contribution in [0.2, 0.25) is 0 Å². The number of nitrogens with one attached hydrogen (secondary N) is 1. The lowest BCUT2D eigenvalue weighted by molar-refractivity contribution is 0.128. The second kappa shape index (κ2) is 6.52. The SMILES string of the molecule is COCC(CO)NCc1cccc(F)c1F. The van der Waals surface area contributed by atoms with Gasteiger partial charge in [0.2, 0.25) is 0 Å². The minimum Gasteiger partial charge on any atom is -0.395 e. The zero-order chi connectivity index (χ0) is 12.0. The fraction of sp³-hybridized carbons (Fsp3) is 0.455. The van der Waals surface area contributed by atoms with Gasteiger partial charge in [0.15, 0.2) is 11.6 Å². The van der Waals surface area contributed by atoms with Crippen LogP contribution >= 0.6 is 0 Å². The van der Waals surface area contributed by atoms with Gasteiger partial charge in [-0.2, -0.15) is 0 Å². The molecule has 1 rings (SSSR count). The molecule has 0 bridgehead atoms. The topological polar surface area (TPSA) is 41.5 Å². The molecule has 1 aromatic rings. The number of benzene rings is 1. The lowest BCUT2D eigenvalue weighted by Crippen LogP contribution is -2.36. The summed E-state index contributed by atoms with van der Waals surface area (Å²) in [4.78, 5) is 0. The van der Waals surface area contributed by atoms with Crippen LogP contribution in [0.1, 0.15) is 5.56 Å². The zero-order valence-corrected chi connectivity index (χ0v) is 9.04. The van der Waals surface area contributed by atoms with Gasteiger partial charge in [-0.05, 0) is 6.07 Å². The number of methoxy groups -OCH3 is 1. The van der Waals surface area contributed by atoms with Gasteiger partial charge in [-0.3, -0.25) is 0 Å². The van der Waals surface area contributed by atoms with Crippen molar-refractivity contribution in [3.63, 3.8) is 0 Å². The normalized spacial score (nSPS) is 12.8. The average Bonchev–Trinajstić information content (AvgIpc) is 2.29. The quantitative estimate of drug-likeness (QED) is 0.769. The number of halogens is 2. The Bertz CT molecular complexity index is 334. The first-order valence-electron chi connectivity index (χ1n) is 4.95. The summed E-state index contributed by atoms with van der Waals surface area (Å²) < 4.78 is 30.9. The van der Waals surface area contributed by atoms with E-state index in [1.54, 1.807) is 0 Å². The van der Waals surface area contributed by atoms with E-state index in [9.17, 15) is 8.78 Å². The van der Waals surface area contributed by atoms with Gasteiger partial charge in [-0.25, -0.2) is 8.78 Å². The van der Waals surface area contributed by atoms with Crippen LogP contribution in [0.25, 0.3) is 0 Å². The molecule has 0 saturated heterocycles. The molecule has 0 aliphatic rings. The predicted octanol–water partition coefficient (Wildman–Crippen LogP) is 1.06. The van der Waals surface area contributed by atoms with Gasteiger partial charge in [-0.15, -0.1) is 0 Å². The molecule has 0 aromatic heterocycles. The van der Waals surface area contributed by atoms with Crippen LogP contribution in [0, 0.1) is 11.6 Å². The van der Waals surface area contributed by atoms with Crippen LogP contribution in [0.15, 0.2) is 18.2 Å². The summed E-state index contributed by atoms with van der Waals surface area (Å²) in [6.45, 7) is 0.344. The van der Waals surface area contributed by atoms with Gasteiger partial charge in [0.05, 0.1) is 19.3 Å². The molecule has 1 aromatic carbocycles. The third-order valence-electron chi connectivity index (χ3n) is 2.20. The van der Waals surface area contributed by atoms with E-state index in [1.807, 2.05) is 0 Å². The maximum absolute atomic E-state index is 13.2. The Hall–Kier alpha value is -1.04. The minimum absolute atomic E-state index is 0.120. The van der Waals surface area contributed by atoms with Gasteiger partial charge in [0, 0.05) is 19.2 Å². The van der Waals surface area contributed by atoms with Crippen molar-refractivity contribution in [1.82, 2.24) is 5.32 Å². The van der Waals surface area contributed by atoms with Gasteiger partial charge in [0.1, 0.15) is 0 Å². The molecule has 0 fully saturated rings. The lowest BCUT2D eigenvalue weighted by atomic mass is 10.2. The molecule has 0 spiro atoms. The Balaban J connectivity index is 2.56. The first kappa shape index (κ1) is 13.0. The molecule has 0 amide bonds. The summed E-state index contributed by atoms with van der Waals surface area (Å²) in [6, 6.07) is 3.72. The summed E-state index contributed by atoms with van der Waals surface area (Å²) in [5, 5.41) is 11.8. The standard InChI is InChI=1S/C11H15F2NO2/c1-16-7-9(6-15)14-5-8-3-2-4-10(12)11(8)13/h2-4,9,14-15H,5-7H2,1H3. The third kappa shape index (κ3) is 3.52. The Morgan fingerprint density at radius 3 is 2.81 bits per heavy atom. The van der Waals surface area contributed by atoms with Crippen molar-refractivity contribution >= 4 is 0 Å². The highest BCUT2D eigenvalue weighted by atomic mass is 19.2. The van der Waals surface area contributed by atoms with Gasteiger partial charge in [-0.1, -0.05) is 12.1 Å². The minimum atomic E-state index is -0.869. The Morgan fingerprint density at radius 1 is 1.44 bits per heavy atom. The van der Waals surface area contributed by atoms with Crippen molar-refractivity contribution in [2.24, 2.45) is 0 Å². The number of aliphatic hydroxyl groups excluding tert-OH is 1. The van der Waals surface area contributed by atoms with Crippen LogP contribution in [-0.2, 0) is 11.3 Å². The van der Waals surface area contributed by atoms with Crippen molar-refractivity contribution < 1.29 is 18.6 Å². The molecule has 0 aliphatic carbocycles. The van der Waals surface area contributed by atoms with E-state index in [4.69, 9.17) is 9.84 Å². The van der Waals surface area contributed by atoms with Crippen LogP contribution in [-0.4, -0.2) is 31.5 Å². The Kier molecular flexibility index (Phi) is 5.31. The first-order chi connectivity index (χ1) is 7.69. The number of ether oxygens (including phenoxy) is 1. The fourth-order valence-corrected chi connectivity index (χ4v) is 1.32. The van der Waals surface area contributed by atoms with Crippen molar-refractivity contribution in [1.29, 1.82) is 0 Å². The molecule has 0 radical (unpaired) electrons. The maximum Gasteiger partial charge on any atom is 0.163 e. The Morgan fingerprint density at radius 2 is 2.19 bits per heavy atom. The highest BCUT2D eigenvalue weighted by molar-refractivity contribution is 5.18. The number of hydrogen-bond acceptors (Lipinski definition) is 3. The second-order valence-corrected chi connectivity index (χ2v) is 3.43. The van der Waals surface area contributed by atoms with Crippen LogP contribution < -0.4 is 5.32 Å². The lowest BCUT2D eigenvalue weighted by Gasteiger charge is -2.15. The molecule has 3 nitrogen and oxygen atoms in total. The van der Waals surface area contributed by atoms with Crippen LogP contribution in [0.3, 0.4) is 0 Å². The largest absolute Gasteiger partial charge is 0.395 e. The van der Waals surface area contributed by atoms with E-state index in [2.05, 4.69) is 5.32 Å². The maximum atomic E-state index is 13.2. The van der Waals surface area contributed by atoms with E-state index in [-0.39, 0.29) is 24.8 Å². The molecule has 1 unspecified atom stereocenters. The molecule has 0 aliphatic heterocycles. The summed E-state index contributed by atoms with van der Waals surface area (Å²) in [6.07, 6.45) is 0. The van der Waals surface area contributed by atoms with Crippen LogP contribution in [0.5, 0.6) is 0 Å². The summed E-state index contributed by atoms with van der Waals surface area (Å²) in [7, 11) is 1.51. The van der Waals surface area contributed by atoms with E-state index >= 15 is 0 Å². The van der Waals surface area contributed by atoms with Crippen molar-refractivity contribution in [3.05, 3.63) is 35.4 Å². The molecular weight excluding hydrogens is 216 g/mol. The second-order valence-electron chi connectivity index (χ2n) is 3.43. The van der Waals surface area contributed by atoms with Crippen LogP contribution in [0.4, 0.5) is 8.78 Å². The third-order valence-corrected chi connectivity index (χ3v) is 2.20. The van der Waals surface area contributed by atoms with Crippen molar-refractivity contribution in [2.75, 3.05) is 20.3 Å². The molecule has 2 N–H and O–H groups in total. The molecule has 90 valence electrons. The molecule has 16 heavy (non-hydrogen) atoms. The zero-order valence-electron chi connectivity index (χ0n) is 9.04. The van der Waals surface area contributed by atoms with Crippen molar-refractivity contribution in [3.8, 4) is 0 Å². The highest BCUT2D eigenvalue weighted by Crippen LogP contribution is 2.10. The molecule has 5 heteroatoms. The van der Waals surface area contributed by atoms with Gasteiger partial charge < -0.3 is 15.2 Å². The summed E-state index contributed by atoms with van der Waals surface area (Å²) >= 11 is 0. The number of aliphatic hydroxyl groups is 1. The summed E-state index contributed by atoms with van der Waals surface area (Å²) in [5.41, 5.74) is 0.231. The molecule has 0 saturated carbocycles. The molecule has 1 atom stereocenters. The number of hydrogen-bond donors (Lipinski definition) is 2. The van der Waals surface area contributed by atoms with E-state index in [1.165, 1.54) is 19.2 Å². The summed E-state index contributed by atoms with van der Waals surface area (Å²) in [5.74, 6) is -1.73. The highest BCUT2D eigenvalue weighted by Gasteiger charge is 2.10. The predicted molar refractivity (Wildman–Crippen MR) is 55.9 cm³/mol. The molecule has 0 heterocycles. The van der Waals surface area contributed by atoms with E-state index < -0.39 is 11.6 Å². The van der Waals surface area contributed by atoms with E-state index in [0.717, 1.165) is 6.07 Å². The monoisotopic (exact) mass is 231 g/mol.